The number of methoxy groups -OCH3 is 1. The largest absolute Gasteiger partial charge is 0.499 e. The van der Waals surface area contributed by atoms with E-state index in [1.54, 1.807) is 13.8 Å². The first-order valence-electron chi connectivity index (χ1n) is 8.90. The van der Waals surface area contributed by atoms with Gasteiger partial charge in [-0.15, -0.1) is 0 Å². The summed E-state index contributed by atoms with van der Waals surface area (Å²) in [6.45, 7) is 7.31. The van der Waals surface area contributed by atoms with E-state index in [9.17, 15) is 14.4 Å². The SMILES string of the molecule is CCC(=O)NC(CC(C)C(Cl)(Cl)Cl)C(=O)N1C(=O)C=C(OC)C1CC(C)C. The minimum absolute atomic E-state index is 0.0849. The van der Waals surface area contributed by atoms with Crippen LogP contribution in [0.3, 0.4) is 0 Å². The maximum Gasteiger partial charge on any atom is 0.257 e. The standard InChI is InChI=1S/C18H27Cl3N2O4/c1-6-15(24)22-12(8-11(4)18(19,20)21)17(26)23-13(7-10(2)3)14(27-5)9-16(23)25/h9-13H,6-8H2,1-5H3,(H,22,24). The van der Waals surface area contributed by atoms with Gasteiger partial charge in [0.2, 0.25) is 5.91 Å². The summed E-state index contributed by atoms with van der Waals surface area (Å²) >= 11 is 17.8. The van der Waals surface area contributed by atoms with Crippen molar-refractivity contribution in [1.82, 2.24) is 10.2 Å². The third kappa shape index (κ3) is 6.54. The molecule has 1 heterocycles. The number of hydrogen-bond acceptors (Lipinski definition) is 4. The maximum absolute atomic E-state index is 13.2. The van der Waals surface area contributed by atoms with Crippen LogP contribution in [0.5, 0.6) is 0 Å². The molecule has 1 aliphatic rings. The van der Waals surface area contributed by atoms with Gasteiger partial charge in [-0.2, -0.15) is 0 Å². The molecule has 0 aromatic rings. The molecule has 154 valence electrons. The average molecular weight is 442 g/mol. The van der Waals surface area contributed by atoms with Crippen LogP contribution in [0.2, 0.25) is 0 Å². The van der Waals surface area contributed by atoms with Crippen LogP contribution < -0.4 is 5.32 Å². The summed E-state index contributed by atoms with van der Waals surface area (Å²) < 4.78 is 3.69. The first kappa shape index (κ1) is 24.1. The van der Waals surface area contributed by atoms with Crippen LogP contribution in [0.25, 0.3) is 0 Å². The second-order valence-electron chi connectivity index (χ2n) is 7.09. The summed E-state index contributed by atoms with van der Waals surface area (Å²) in [5.41, 5.74) is 0. The Bertz CT molecular complexity index is 602. The number of imide groups is 1. The van der Waals surface area contributed by atoms with Crippen molar-refractivity contribution in [3.8, 4) is 0 Å². The Morgan fingerprint density at radius 2 is 1.89 bits per heavy atom. The number of halogens is 3. The Kier molecular flexibility index (Phi) is 8.90. The lowest BCUT2D eigenvalue weighted by atomic mass is 9.99. The van der Waals surface area contributed by atoms with E-state index in [1.165, 1.54) is 13.2 Å². The number of alkyl halides is 3. The van der Waals surface area contributed by atoms with Crippen LogP contribution in [0.15, 0.2) is 11.8 Å². The van der Waals surface area contributed by atoms with Gasteiger partial charge in [0.25, 0.3) is 11.8 Å². The number of nitrogens with zero attached hydrogens (tertiary/aromatic N) is 1. The van der Waals surface area contributed by atoms with E-state index in [1.807, 2.05) is 13.8 Å². The Balaban J connectivity index is 3.14. The van der Waals surface area contributed by atoms with Crippen molar-refractivity contribution in [3.63, 3.8) is 0 Å². The zero-order chi connectivity index (χ0) is 20.9. The van der Waals surface area contributed by atoms with Crippen molar-refractivity contribution in [3.05, 3.63) is 11.8 Å². The second-order valence-corrected chi connectivity index (χ2v) is 9.46. The highest BCUT2D eigenvalue weighted by molar-refractivity contribution is 6.67. The van der Waals surface area contributed by atoms with Gasteiger partial charge in [-0.1, -0.05) is 62.5 Å². The molecule has 0 saturated carbocycles. The molecular formula is C18H27Cl3N2O4. The summed E-state index contributed by atoms with van der Waals surface area (Å²) in [6, 6.07) is -1.50. The number of carbonyl (C=O) groups excluding carboxylic acids is 3. The second kappa shape index (κ2) is 9.99. The van der Waals surface area contributed by atoms with Crippen LogP contribution in [-0.4, -0.2) is 45.6 Å². The minimum atomic E-state index is -1.60. The molecule has 0 bridgehead atoms. The molecular weight excluding hydrogens is 415 g/mol. The molecule has 1 aliphatic heterocycles. The summed E-state index contributed by atoms with van der Waals surface area (Å²) in [6.07, 6.45) is 2.13. The van der Waals surface area contributed by atoms with E-state index in [0.29, 0.717) is 12.2 Å². The predicted octanol–water partition coefficient (Wildman–Crippen LogP) is 3.59. The lowest BCUT2D eigenvalue weighted by Crippen LogP contribution is -2.53. The molecule has 1 rings (SSSR count). The average Bonchev–Trinajstić information content (AvgIpc) is 2.87. The lowest BCUT2D eigenvalue weighted by Gasteiger charge is -2.32. The van der Waals surface area contributed by atoms with E-state index in [0.717, 1.165) is 4.90 Å². The van der Waals surface area contributed by atoms with E-state index < -0.39 is 33.6 Å². The van der Waals surface area contributed by atoms with E-state index in [2.05, 4.69) is 5.32 Å². The molecule has 0 fully saturated rings. The molecule has 3 atom stereocenters. The van der Waals surface area contributed by atoms with Gasteiger partial charge in [0.15, 0.2) is 3.79 Å². The van der Waals surface area contributed by atoms with E-state index >= 15 is 0 Å². The van der Waals surface area contributed by atoms with Gasteiger partial charge in [-0.3, -0.25) is 19.3 Å². The molecule has 3 unspecified atom stereocenters. The molecule has 27 heavy (non-hydrogen) atoms. The fraction of sp³-hybridized carbons (Fsp3) is 0.722. The smallest absolute Gasteiger partial charge is 0.257 e. The van der Waals surface area contributed by atoms with Crippen molar-refractivity contribution >= 4 is 52.5 Å². The number of nitrogens with one attached hydrogen (secondary N) is 1. The molecule has 9 heteroatoms. The summed E-state index contributed by atoms with van der Waals surface area (Å²) in [4.78, 5) is 38.7. The van der Waals surface area contributed by atoms with Gasteiger partial charge in [-0.05, 0) is 18.8 Å². The highest BCUT2D eigenvalue weighted by Crippen LogP contribution is 2.38. The Hall–Kier alpha value is -0.980. The quantitative estimate of drug-likeness (QED) is 0.584. The first-order valence-corrected chi connectivity index (χ1v) is 10.0. The molecule has 0 aromatic carbocycles. The van der Waals surface area contributed by atoms with Crippen LogP contribution in [0.1, 0.15) is 47.0 Å². The van der Waals surface area contributed by atoms with Crippen LogP contribution in [0, 0.1) is 11.8 Å². The molecule has 0 aliphatic carbocycles. The van der Waals surface area contributed by atoms with Gasteiger partial charge < -0.3 is 10.1 Å². The monoisotopic (exact) mass is 440 g/mol. The number of carbonyl (C=O) groups is 3. The number of amides is 3. The lowest BCUT2D eigenvalue weighted by molar-refractivity contribution is -0.146. The summed E-state index contributed by atoms with van der Waals surface area (Å²) in [5, 5.41) is 2.65. The Morgan fingerprint density at radius 1 is 1.30 bits per heavy atom. The van der Waals surface area contributed by atoms with Crippen LogP contribution in [-0.2, 0) is 19.1 Å². The Labute approximate surface area is 175 Å². The Morgan fingerprint density at radius 3 is 2.33 bits per heavy atom. The minimum Gasteiger partial charge on any atom is -0.499 e. The molecule has 6 nitrogen and oxygen atoms in total. The third-order valence-corrected chi connectivity index (χ3v) is 5.53. The third-order valence-electron chi connectivity index (χ3n) is 4.41. The van der Waals surface area contributed by atoms with Crippen molar-refractivity contribution in [2.75, 3.05) is 7.11 Å². The van der Waals surface area contributed by atoms with Gasteiger partial charge in [0.1, 0.15) is 11.8 Å². The number of ether oxygens (including phenoxy) is 1. The molecule has 1 N–H and O–H groups in total. The van der Waals surface area contributed by atoms with Gasteiger partial charge >= 0.3 is 0 Å². The zero-order valence-corrected chi connectivity index (χ0v) is 18.5. The fourth-order valence-corrected chi connectivity index (χ4v) is 3.13. The summed E-state index contributed by atoms with van der Waals surface area (Å²) in [7, 11) is 1.46. The van der Waals surface area contributed by atoms with Gasteiger partial charge in [0, 0.05) is 18.4 Å². The zero-order valence-electron chi connectivity index (χ0n) is 16.2. The molecule has 0 radical (unpaired) electrons. The molecule has 3 amide bonds. The topological polar surface area (TPSA) is 75.7 Å². The fourth-order valence-electron chi connectivity index (χ4n) is 2.87. The maximum atomic E-state index is 13.2. The highest BCUT2D eigenvalue weighted by Gasteiger charge is 2.43. The van der Waals surface area contributed by atoms with Crippen molar-refractivity contribution in [2.24, 2.45) is 11.8 Å². The van der Waals surface area contributed by atoms with E-state index in [4.69, 9.17) is 39.5 Å². The normalized spacial score (nSPS) is 19.7. The van der Waals surface area contributed by atoms with Crippen LogP contribution in [0.4, 0.5) is 0 Å². The predicted molar refractivity (Wildman–Crippen MR) is 106 cm³/mol. The van der Waals surface area contributed by atoms with Crippen molar-refractivity contribution in [2.45, 2.75) is 62.8 Å². The summed E-state index contributed by atoms with van der Waals surface area (Å²) in [5.74, 6) is -1.20. The van der Waals surface area contributed by atoms with Crippen LogP contribution >= 0.6 is 34.8 Å². The molecule has 0 aromatic heterocycles. The van der Waals surface area contributed by atoms with Crippen molar-refractivity contribution in [1.29, 1.82) is 0 Å². The van der Waals surface area contributed by atoms with Crippen molar-refractivity contribution < 1.29 is 19.1 Å². The molecule has 0 saturated heterocycles. The van der Waals surface area contributed by atoms with E-state index in [-0.39, 0.29) is 24.7 Å². The number of hydrogen-bond donors (Lipinski definition) is 1. The number of rotatable bonds is 8. The van der Waals surface area contributed by atoms with Gasteiger partial charge in [0.05, 0.1) is 13.2 Å². The van der Waals surface area contributed by atoms with Gasteiger partial charge in [-0.25, -0.2) is 0 Å². The first-order chi connectivity index (χ1) is 12.4. The molecule has 0 spiro atoms. The highest BCUT2D eigenvalue weighted by atomic mass is 35.6.